The van der Waals surface area contributed by atoms with E-state index in [9.17, 15) is 23.1 Å². The van der Waals surface area contributed by atoms with Gasteiger partial charge in [0.15, 0.2) is 0 Å². The van der Waals surface area contributed by atoms with Crippen LogP contribution in [0.2, 0.25) is 0 Å². The maximum atomic E-state index is 13.0. The van der Waals surface area contributed by atoms with Gasteiger partial charge in [0, 0.05) is 0 Å². The Labute approximate surface area is 167 Å². The molecule has 4 N–H and O–H groups in total. The third-order valence-corrected chi connectivity index (χ3v) is 5.96. The normalized spacial score (nSPS) is 31.6. The number of rotatable bonds is 5. The molecule has 160 valence electrons. The van der Waals surface area contributed by atoms with E-state index in [1.54, 1.807) is 0 Å². The Kier molecular flexibility index (Phi) is 5.32. The first kappa shape index (κ1) is 20.5. The fourth-order valence-corrected chi connectivity index (χ4v) is 4.32. The predicted molar refractivity (Wildman–Crippen MR) is 98.8 cm³/mol. The van der Waals surface area contributed by atoms with Crippen molar-refractivity contribution in [1.82, 2.24) is 26.0 Å². The highest BCUT2D eigenvalue weighted by Crippen LogP contribution is 2.47. The summed E-state index contributed by atoms with van der Waals surface area (Å²) < 4.78 is 38.9. The summed E-state index contributed by atoms with van der Waals surface area (Å²) in [5.41, 5.74) is 3.34. The van der Waals surface area contributed by atoms with Crippen molar-refractivity contribution in [3.8, 4) is 0 Å². The van der Waals surface area contributed by atoms with Crippen molar-refractivity contribution >= 4 is 5.91 Å². The summed E-state index contributed by atoms with van der Waals surface area (Å²) in [6.07, 6.45) is -3.21. The van der Waals surface area contributed by atoms with Crippen LogP contribution in [0.25, 0.3) is 0 Å². The molecule has 10 heteroatoms. The molecule has 0 radical (unpaired) electrons. The zero-order chi connectivity index (χ0) is 20.9. The highest BCUT2D eigenvalue weighted by molar-refractivity contribution is 5.81. The molecule has 1 amide bonds. The minimum Gasteiger partial charge on any atom is -0.395 e. The minimum atomic E-state index is -4.38. The van der Waals surface area contributed by atoms with E-state index < -0.39 is 23.7 Å². The van der Waals surface area contributed by atoms with E-state index in [4.69, 9.17) is 0 Å². The number of aliphatic hydroxyl groups is 1. The molecule has 1 aliphatic carbocycles. The largest absolute Gasteiger partial charge is 0.416 e. The average molecular weight is 413 g/mol. The summed E-state index contributed by atoms with van der Waals surface area (Å²) in [5.74, 6) is -0.391. The fourth-order valence-electron chi connectivity index (χ4n) is 4.32. The van der Waals surface area contributed by atoms with Gasteiger partial charge in [-0.05, 0) is 50.6 Å². The molecule has 0 aromatic heterocycles. The van der Waals surface area contributed by atoms with Crippen LogP contribution in [0.3, 0.4) is 0 Å². The molecular formula is C19H26F3N5O2. The Bertz CT molecular complexity index is 753. The number of nitrogens with zero attached hydrogens (tertiary/aromatic N) is 2. The molecule has 2 heterocycles. The number of nitrogens with one attached hydrogen (secondary N) is 3. The summed E-state index contributed by atoms with van der Waals surface area (Å²) in [4.78, 5) is 14.6. The SMILES string of the molecule is CN(C)C1NC(=O)C2C(CO)NN(C(c3ccc(C(F)(F)F)cc3)C3CC3)C2N1. The smallest absolute Gasteiger partial charge is 0.395 e. The number of fused-ring (bicyclic) bond motifs is 1. The summed E-state index contributed by atoms with van der Waals surface area (Å²) >= 11 is 0. The molecule has 5 atom stereocenters. The van der Waals surface area contributed by atoms with Gasteiger partial charge < -0.3 is 10.4 Å². The molecule has 0 spiro atoms. The second-order valence-electron chi connectivity index (χ2n) is 8.24. The molecular weight excluding hydrogens is 387 g/mol. The van der Waals surface area contributed by atoms with Crippen molar-refractivity contribution in [3.05, 3.63) is 35.4 Å². The van der Waals surface area contributed by atoms with Crippen molar-refractivity contribution in [3.63, 3.8) is 0 Å². The second-order valence-corrected chi connectivity index (χ2v) is 8.24. The highest BCUT2D eigenvalue weighted by Gasteiger charge is 2.53. The first-order chi connectivity index (χ1) is 13.7. The van der Waals surface area contributed by atoms with E-state index in [0.717, 1.165) is 30.5 Å². The van der Waals surface area contributed by atoms with E-state index in [-0.39, 0.29) is 36.9 Å². The van der Waals surface area contributed by atoms with Crippen LogP contribution in [0, 0.1) is 11.8 Å². The van der Waals surface area contributed by atoms with Crippen molar-refractivity contribution in [2.24, 2.45) is 11.8 Å². The van der Waals surface area contributed by atoms with Gasteiger partial charge in [-0.1, -0.05) is 12.1 Å². The Morgan fingerprint density at radius 2 is 1.90 bits per heavy atom. The van der Waals surface area contributed by atoms with Crippen LogP contribution in [0.15, 0.2) is 24.3 Å². The Balaban J connectivity index is 1.65. The third-order valence-electron chi connectivity index (χ3n) is 5.96. The second kappa shape index (κ2) is 7.51. The first-order valence-electron chi connectivity index (χ1n) is 9.76. The van der Waals surface area contributed by atoms with Crippen molar-refractivity contribution < 1.29 is 23.1 Å². The highest BCUT2D eigenvalue weighted by atomic mass is 19.4. The molecule has 2 aliphatic heterocycles. The number of benzene rings is 1. The molecule has 3 aliphatic rings. The monoisotopic (exact) mass is 413 g/mol. The van der Waals surface area contributed by atoms with E-state index in [0.29, 0.717) is 0 Å². The molecule has 1 aromatic rings. The summed E-state index contributed by atoms with van der Waals surface area (Å²) in [7, 11) is 3.67. The molecule has 1 saturated carbocycles. The van der Waals surface area contributed by atoms with Gasteiger partial charge in [0.25, 0.3) is 0 Å². The lowest BCUT2D eigenvalue weighted by molar-refractivity contribution is -0.137. The van der Waals surface area contributed by atoms with E-state index in [1.165, 1.54) is 12.1 Å². The lowest BCUT2D eigenvalue weighted by atomic mass is 9.94. The summed E-state index contributed by atoms with van der Waals surface area (Å²) in [6.45, 7) is -0.218. The lowest BCUT2D eigenvalue weighted by Crippen LogP contribution is -2.68. The number of halogens is 3. The van der Waals surface area contributed by atoms with Crippen LogP contribution < -0.4 is 16.1 Å². The van der Waals surface area contributed by atoms with Crippen LogP contribution in [0.4, 0.5) is 13.2 Å². The quantitative estimate of drug-likeness (QED) is 0.573. The fraction of sp³-hybridized carbons (Fsp3) is 0.632. The Morgan fingerprint density at radius 1 is 1.24 bits per heavy atom. The van der Waals surface area contributed by atoms with Crippen LogP contribution in [-0.2, 0) is 11.0 Å². The number of alkyl halides is 3. The van der Waals surface area contributed by atoms with Gasteiger partial charge in [-0.3, -0.25) is 15.0 Å². The number of carbonyl (C=O) groups is 1. The van der Waals surface area contributed by atoms with Gasteiger partial charge >= 0.3 is 6.18 Å². The summed E-state index contributed by atoms with van der Waals surface area (Å²) in [6, 6.07) is 4.58. The lowest BCUT2D eigenvalue weighted by Gasteiger charge is -2.42. The summed E-state index contributed by atoms with van der Waals surface area (Å²) in [5, 5.41) is 18.0. The minimum absolute atomic E-state index is 0.163. The van der Waals surface area contributed by atoms with E-state index >= 15 is 0 Å². The van der Waals surface area contributed by atoms with Gasteiger partial charge in [-0.2, -0.15) is 13.2 Å². The van der Waals surface area contributed by atoms with Gasteiger partial charge in [-0.15, -0.1) is 0 Å². The maximum absolute atomic E-state index is 13.0. The molecule has 0 bridgehead atoms. The number of hydrazine groups is 1. The zero-order valence-electron chi connectivity index (χ0n) is 16.3. The number of carbonyl (C=O) groups excluding carboxylic acids is 1. The number of hydrogen-bond acceptors (Lipinski definition) is 6. The van der Waals surface area contributed by atoms with Gasteiger partial charge in [-0.25, -0.2) is 10.4 Å². The zero-order valence-corrected chi connectivity index (χ0v) is 16.3. The Hall–Kier alpha value is -1.72. The molecule has 1 aromatic carbocycles. The first-order valence-corrected chi connectivity index (χ1v) is 9.76. The Morgan fingerprint density at radius 3 is 2.41 bits per heavy atom. The number of aliphatic hydroxyl groups excluding tert-OH is 1. The molecule has 5 unspecified atom stereocenters. The van der Waals surface area contributed by atoms with Crippen LogP contribution in [0.1, 0.15) is 30.0 Å². The van der Waals surface area contributed by atoms with Crippen LogP contribution >= 0.6 is 0 Å². The third kappa shape index (κ3) is 3.87. The number of hydrogen-bond donors (Lipinski definition) is 4. The maximum Gasteiger partial charge on any atom is 0.416 e. The van der Waals surface area contributed by atoms with Gasteiger partial charge in [0.1, 0.15) is 6.29 Å². The molecule has 3 fully saturated rings. The van der Waals surface area contributed by atoms with E-state index in [2.05, 4.69) is 16.1 Å². The van der Waals surface area contributed by atoms with E-state index in [1.807, 2.05) is 24.0 Å². The standard InChI is InChI=1S/C19H26F3N5O2/c1-26(2)18-23-16-14(17(29)24-18)13(9-28)25-27(16)15(10-3-4-10)11-5-7-12(8-6-11)19(20,21)22/h5-8,10,13-16,18,23,25,28H,3-4,9H2,1-2H3,(H,24,29). The topological polar surface area (TPSA) is 79.9 Å². The van der Waals surface area contributed by atoms with Crippen LogP contribution in [-0.4, -0.2) is 60.1 Å². The average Bonchev–Trinajstić information content (AvgIpc) is 3.42. The number of amides is 1. The molecule has 2 saturated heterocycles. The van der Waals surface area contributed by atoms with Crippen molar-refractivity contribution in [2.45, 2.75) is 43.6 Å². The van der Waals surface area contributed by atoms with Crippen LogP contribution in [0.5, 0.6) is 0 Å². The van der Waals surface area contributed by atoms with Gasteiger partial charge in [0.2, 0.25) is 5.91 Å². The molecule has 4 rings (SSSR count). The predicted octanol–water partition coefficient (Wildman–Crippen LogP) is 0.845. The molecule has 7 nitrogen and oxygen atoms in total. The molecule has 29 heavy (non-hydrogen) atoms. The van der Waals surface area contributed by atoms with Gasteiger partial charge in [0.05, 0.1) is 36.3 Å². The van der Waals surface area contributed by atoms with Crippen molar-refractivity contribution in [1.29, 1.82) is 0 Å². The van der Waals surface area contributed by atoms with Crippen molar-refractivity contribution in [2.75, 3.05) is 20.7 Å².